The van der Waals surface area contributed by atoms with Crippen LogP contribution in [0.3, 0.4) is 0 Å². The van der Waals surface area contributed by atoms with Crippen molar-refractivity contribution in [1.82, 2.24) is 0 Å². The Kier molecular flexibility index (Phi) is 18.7. The summed E-state index contributed by atoms with van der Waals surface area (Å²) in [4.78, 5) is 11.7. The Balaban J connectivity index is 3.28. The van der Waals surface area contributed by atoms with Gasteiger partial charge in [-0.05, 0) is 6.42 Å². The fraction of sp³-hybridized carbons (Fsp3) is 0.955. The van der Waals surface area contributed by atoms with Gasteiger partial charge in [0.1, 0.15) is 12.7 Å². The molecule has 2 N–H and O–H groups in total. The molecular formula is C22H44O4. The molecule has 0 spiro atoms. The molecule has 0 amide bonds. The average Bonchev–Trinajstić information content (AvgIpc) is 2.65. The number of hydrogen-bond donors (Lipinski definition) is 2. The van der Waals surface area contributed by atoms with Gasteiger partial charge in [0.2, 0.25) is 0 Å². The van der Waals surface area contributed by atoms with Crippen LogP contribution in [0.1, 0.15) is 110 Å². The maximum absolute atomic E-state index is 11.7. The number of esters is 1. The fourth-order valence-electron chi connectivity index (χ4n) is 3.14. The Hall–Kier alpha value is -0.610. The number of ether oxygens (including phenoxy) is 1. The number of rotatable bonds is 19. The zero-order chi connectivity index (χ0) is 19.5. The second-order valence-corrected chi connectivity index (χ2v) is 7.75. The standard InChI is InChI=1S/C22H44O4/c1-3-4-5-6-7-8-9-10-11-12-13-14-15-16-17-20(2)22(25)26-19-21(24)18-23/h20-21,23-24H,3-19H2,1-2H3. The van der Waals surface area contributed by atoms with Crippen LogP contribution in [-0.2, 0) is 9.53 Å². The number of unbranched alkanes of at least 4 members (excludes halogenated alkanes) is 13. The van der Waals surface area contributed by atoms with Crippen molar-refractivity contribution in [3.05, 3.63) is 0 Å². The Morgan fingerprint density at radius 1 is 0.808 bits per heavy atom. The van der Waals surface area contributed by atoms with Gasteiger partial charge in [0.05, 0.1) is 12.5 Å². The van der Waals surface area contributed by atoms with E-state index in [1.807, 2.05) is 6.92 Å². The molecule has 0 fully saturated rings. The molecule has 0 saturated heterocycles. The third-order valence-electron chi connectivity index (χ3n) is 5.02. The molecule has 0 bridgehead atoms. The first-order valence-corrected chi connectivity index (χ1v) is 11.1. The summed E-state index contributed by atoms with van der Waals surface area (Å²) in [5.74, 6) is -0.398. The van der Waals surface area contributed by atoms with Gasteiger partial charge in [-0.3, -0.25) is 4.79 Å². The first-order valence-electron chi connectivity index (χ1n) is 11.1. The summed E-state index contributed by atoms with van der Waals surface area (Å²) >= 11 is 0. The highest BCUT2D eigenvalue weighted by Crippen LogP contribution is 2.15. The van der Waals surface area contributed by atoms with E-state index in [9.17, 15) is 4.79 Å². The minimum atomic E-state index is -0.966. The van der Waals surface area contributed by atoms with Gasteiger partial charge in [-0.15, -0.1) is 0 Å². The van der Waals surface area contributed by atoms with Crippen molar-refractivity contribution in [3.63, 3.8) is 0 Å². The van der Waals surface area contributed by atoms with E-state index in [0.29, 0.717) is 0 Å². The predicted octanol–water partition coefficient (Wildman–Crippen LogP) is 5.39. The monoisotopic (exact) mass is 372 g/mol. The van der Waals surface area contributed by atoms with Crippen LogP contribution in [0.2, 0.25) is 0 Å². The van der Waals surface area contributed by atoms with Crippen LogP contribution >= 0.6 is 0 Å². The second-order valence-electron chi connectivity index (χ2n) is 7.75. The lowest BCUT2D eigenvalue weighted by atomic mass is 10.0. The molecule has 2 unspecified atom stereocenters. The quantitative estimate of drug-likeness (QED) is 0.236. The van der Waals surface area contributed by atoms with Crippen molar-refractivity contribution in [2.45, 2.75) is 116 Å². The molecule has 156 valence electrons. The zero-order valence-corrected chi connectivity index (χ0v) is 17.4. The third-order valence-corrected chi connectivity index (χ3v) is 5.02. The maximum Gasteiger partial charge on any atom is 0.308 e. The van der Waals surface area contributed by atoms with Crippen molar-refractivity contribution < 1.29 is 19.7 Å². The molecule has 0 saturated carbocycles. The summed E-state index contributed by atoms with van der Waals surface area (Å²) in [6.45, 7) is 3.65. The molecule has 0 aliphatic rings. The van der Waals surface area contributed by atoms with Gasteiger partial charge in [-0.25, -0.2) is 0 Å². The second kappa shape index (κ2) is 19.2. The van der Waals surface area contributed by atoms with Crippen LogP contribution in [-0.4, -0.2) is 35.5 Å². The van der Waals surface area contributed by atoms with E-state index in [0.717, 1.165) is 12.8 Å². The van der Waals surface area contributed by atoms with Gasteiger partial charge < -0.3 is 14.9 Å². The molecule has 0 heterocycles. The lowest BCUT2D eigenvalue weighted by Gasteiger charge is -2.13. The lowest BCUT2D eigenvalue weighted by molar-refractivity contribution is -0.151. The molecule has 0 rings (SSSR count). The van der Waals surface area contributed by atoms with Gasteiger partial charge in [0.15, 0.2) is 0 Å². The highest BCUT2D eigenvalue weighted by atomic mass is 16.5. The van der Waals surface area contributed by atoms with Crippen molar-refractivity contribution in [3.8, 4) is 0 Å². The summed E-state index contributed by atoms with van der Waals surface area (Å²) in [7, 11) is 0. The lowest BCUT2D eigenvalue weighted by Crippen LogP contribution is -2.24. The van der Waals surface area contributed by atoms with E-state index in [-0.39, 0.29) is 25.1 Å². The van der Waals surface area contributed by atoms with Gasteiger partial charge in [0, 0.05) is 0 Å². The summed E-state index contributed by atoms with van der Waals surface area (Å²) < 4.78 is 4.98. The number of carbonyl (C=O) groups excluding carboxylic acids is 1. The highest BCUT2D eigenvalue weighted by Gasteiger charge is 2.15. The van der Waals surface area contributed by atoms with Gasteiger partial charge in [-0.1, -0.05) is 104 Å². The number of hydrogen-bond acceptors (Lipinski definition) is 4. The largest absolute Gasteiger partial charge is 0.463 e. The summed E-state index contributed by atoms with van der Waals surface area (Å²) in [5, 5.41) is 17.9. The van der Waals surface area contributed by atoms with Crippen LogP contribution in [0.4, 0.5) is 0 Å². The maximum atomic E-state index is 11.7. The van der Waals surface area contributed by atoms with E-state index >= 15 is 0 Å². The van der Waals surface area contributed by atoms with Crippen molar-refractivity contribution in [1.29, 1.82) is 0 Å². The van der Waals surface area contributed by atoms with Crippen molar-refractivity contribution in [2.75, 3.05) is 13.2 Å². The van der Waals surface area contributed by atoms with Crippen molar-refractivity contribution >= 4 is 5.97 Å². The van der Waals surface area contributed by atoms with Crippen LogP contribution in [0.25, 0.3) is 0 Å². The molecule has 26 heavy (non-hydrogen) atoms. The molecule has 0 aliphatic carbocycles. The SMILES string of the molecule is CCCCCCCCCCCCCCCCC(C)C(=O)OCC(O)CO. The minimum Gasteiger partial charge on any atom is -0.463 e. The predicted molar refractivity (Wildman–Crippen MR) is 108 cm³/mol. The first-order chi connectivity index (χ1) is 12.6. The number of aliphatic hydroxyl groups excluding tert-OH is 2. The molecular weight excluding hydrogens is 328 g/mol. The van der Waals surface area contributed by atoms with E-state index in [4.69, 9.17) is 14.9 Å². The topological polar surface area (TPSA) is 66.8 Å². The molecule has 2 atom stereocenters. The first kappa shape index (κ1) is 25.4. The van der Waals surface area contributed by atoms with E-state index in [1.54, 1.807) is 0 Å². The van der Waals surface area contributed by atoms with E-state index < -0.39 is 6.10 Å². The molecule has 0 aromatic rings. The molecule has 0 radical (unpaired) electrons. The Morgan fingerprint density at radius 3 is 1.65 bits per heavy atom. The number of aliphatic hydroxyl groups is 2. The molecule has 0 aliphatic heterocycles. The van der Waals surface area contributed by atoms with Gasteiger partial charge in [-0.2, -0.15) is 0 Å². The Morgan fingerprint density at radius 2 is 1.23 bits per heavy atom. The minimum absolute atomic E-state index is 0.113. The third kappa shape index (κ3) is 16.8. The molecule has 0 aromatic heterocycles. The van der Waals surface area contributed by atoms with Gasteiger partial charge in [0.25, 0.3) is 0 Å². The summed E-state index contributed by atoms with van der Waals surface area (Å²) in [6.07, 6.45) is 18.5. The summed E-state index contributed by atoms with van der Waals surface area (Å²) in [6, 6.07) is 0. The van der Waals surface area contributed by atoms with Crippen LogP contribution in [0, 0.1) is 5.92 Å². The van der Waals surface area contributed by atoms with Gasteiger partial charge >= 0.3 is 5.97 Å². The molecule has 4 nitrogen and oxygen atoms in total. The Labute approximate surface area is 161 Å². The molecule has 4 heteroatoms. The Bertz CT molecular complexity index is 307. The fourth-order valence-corrected chi connectivity index (χ4v) is 3.14. The normalized spacial score (nSPS) is 13.5. The van der Waals surface area contributed by atoms with E-state index in [1.165, 1.54) is 83.5 Å². The summed E-state index contributed by atoms with van der Waals surface area (Å²) in [5.41, 5.74) is 0. The zero-order valence-electron chi connectivity index (χ0n) is 17.4. The smallest absolute Gasteiger partial charge is 0.308 e. The van der Waals surface area contributed by atoms with Crippen LogP contribution < -0.4 is 0 Å². The highest BCUT2D eigenvalue weighted by molar-refractivity contribution is 5.71. The number of carbonyl (C=O) groups is 1. The van der Waals surface area contributed by atoms with Crippen LogP contribution in [0.15, 0.2) is 0 Å². The molecule has 0 aromatic carbocycles. The van der Waals surface area contributed by atoms with Crippen molar-refractivity contribution in [2.24, 2.45) is 5.92 Å². The van der Waals surface area contributed by atoms with Crippen LogP contribution in [0.5, 0.6) is 0 Å². The van der Waals surface area contributed by atoms with E-state index in [2.05, 4.69) is 6.92 Å². The average molecular weight is 373 g/mol.